The molecule has 3 nitrogen and oxygen atoms in total. The van der Waals surface area contributed by atoms with Gasteiger partial charge in [0.05, 0.1) is 6.07 Å². The van der Waals surface area contributed by atoms with Crippen molar-refractivity contribution >= 4 is 10.8 Å². The maximum atomic E-state index is 9.11. The average Bonchev–Trinajstić information content (AvgIpc) is 2.35. The summed E-state index contributed by atoms with van der Waals surface area (Å²) in [6, 6.07) is 15.2. The number of ether oxygens (including phenoxy) is 1. The number of benzene rings is 2. The molecule has 0 saturated heterocycles. The van der Waals surface area contributed by atoms with Crippen molar-refractivity contribution < 1.29 is 9.84 Å². The highest BCUT2D eigenvalue weighted by atomic mass is 16.5. The van der Waals surface area contributed by atoms with Crippen molar-refractivity contribution in [3.8, 4) is 11.8 Å². The quantitative estimate of drug-likeness (QED) is 0.794. The van der Waals surface area contributed by atoms with Crippen LogP contribution in [0.15, 0.2) is 42.5 Å². The number of aliphatic hydroxyl groups excluding tert-OH is 1. The lowest BCUT2D eigenvalue weighted by Crippen LogP contribution is -2.14. The van der Waals surface area contributed by atoms with Crippen molar-refractivity contribution in [2.24, 2.45) is 0 Å². The van der Waals surface area contributed by atoms with Gasteiger partial charge < -0.3 is 9.84 Å². The third kappa shape index (κ3) is 2.13. The van der Waals surface area contributed by atoms with Crippen LogP contribution in [0.25, 0.3) is 10.8 Å². The lowest BCUT2D eigenvalue weighted by molar-refractivity contribution is 0.151. The van der Waals surface area contributed by atoms with E-state index in [4.69, 9.17) is 15.1 Å². The molecule has 2 rings (SSSR count). The van der Waals surface area contributed by atoms with Crippen LogP contribution in [0.4, 0.5) is 0 Å². The van der Waals surface area contributed by atoms with Gasteiger partial charge in [-0.15, -0.1) is 0 Å². The van der Waals surface area contributed by atoms with Crippen LogP contribution in [0.2, 0.25) is 0 Å². The molecule has 0 amide bonds. The summed E-state index contributed by atoms with van der Waals surface area (Å²) >= 11 is 0. The molecular formula is C13H11NO2. The first-order chi connectivity index (χ1) is 7.81. The van der Waals surface area contributed by atoms with Gasteiger partial charge in [-0.2, -0.15) is 5.26 Å². The van der Waals surface area contributed by atoms with Crippen LogP contribution in [0.3, 0.4) is 0 Å². The minimum Gasteiger partial charge on any atom is -0.489 e. The van der Waals surface area contributed by atoms with Gasteiger partial charge in [-0.05, 0) is 11.5 Å². The average molecular weight is 213 g/mol. The van der Waals surface area contributed by atoms with Crippen LogP contribution in [-0.2, 0) is 0 Å². The number of hydrogen-bond acceptors (Lipinski definition) is 3. The fourth-order valence-corrected chi connectivity index (χ4v) is 1.53. The van der Waals surface area contributed by atoms with E-state index in [1.54, 1.807) is 6.07 Å². The number of nitriles is 1. The van der Waals surface area contributed by atoms with Gasteiger partial charge in [0.15, 0.2) is 6.10 Å². The number of nitrogens with zero attached hydrogens (tertiary/aromatic N) is 1. The third-order valence-corrected chi connectivity index (χ3v) is 2.30. The molecule has 1 N–H and O–H groups in total. The summed E-state index contributed by atoms with van der Waals surface area (Å²) in [5.41, 5.74) is 0. The summed E-state index contributed by atoms with van der Waals surface area (Å²) in [6.07, 6.45) is -1.08. The first-order valence-corrected chi connectivity index (χ1v) is 4.99. The van der Waals surface area contributed by atoms with Crippen molar-refractivity contribution in [1.82, 2.24) is 0 Å². The summed E-state index contributed by atoms with van der Waals surface area (Å²) in [5.74, 6) is 0.687. The highest BCUT2D eigenvalue weighted by Gasteiger charge is 2.05. The minimum absolute atomic E-state index is 0.00942. The number of rotatable bonds is 3. The number of fused-ring (bicyclic) bond motifs is 1. The Hall–Kier alpha value is -2.05. The van der Waals surface area contributed by atoms with Crippen molar-refractivity contribution in [2.45, 2.75) is 6.10 Å². The predicted molar refractivity (Wildman–Crippen MR) is 61.1 cm³/mol. The highest BCUT2D eigenvalue weighted by molar-refractivity contribution is 5.88. The zero-order valence-corrected chi connectivity index (χ0v) is 8.63. The molecule has 16 heavy (non-hydrogen) atoms. The molecule has 0 bridgehead atoms. The Kier molecular flexibility index (Phi) is 3.04. The van der Waals surface area contributed by atoms with Crippen LogP contribution in [0.1, 0.15) is 0 Å². The Morgan fingerprint density at radius 1 is 1.19 bits per heavy atom. The SMILES string of the molecule is N#C[C@@H](O)COc1cccc2ccccc12. The Morgan fingerprint density at radius 3 is 2.75 bits per heavy atom. The van der Waals surface area contributed by atoms with Gasteiger partial charge >= 0.3 is 0 Å². The van der Waals surface area contributed by atoms with Crippen molar-refractivity contribution in [3.05, 3.63) is 42.5 Å². The van der Waals surface area contributed by atoms with Crippen LogP contribution < -0.4 is 4.74 Å². The maximum absolute atomic E-state index is 9.11. The smallest absolute Gasteiger partial charge is 0.174 e. The second-order valence-electron chi connectivity index (χ2n) is 3.43. The van der Waals surface area contributed by atoms with Gasteiger partial charge in [-0.1, -0.05) is 36.4 Å². The van der Waals surface area contributed by atoms with Crippen molar-refractivity contribution in [2.75, 3.05) is 6.61 Å². The molecule has 0 unspecified atom stereocenters. The van der Waals surface area contributed by atoms with E-state index >= 15 is 0 Å². The fraction of sp³-hybridized carbons (Fsp3) is 0.154. The Labute approximate surface area is 93.5 Å². The molecule has 0 fully saturated rings. The molecule has 0 radical (unpaired) electrons. The van der Waals surface area contributed by atoms with Crippen LogP contribution in [-0.4, -0.2) is 17.8 Å². The molecule has 0 aromatic heterocycles. The van der Waals surface area contributed by atoms with Crippen molar-refractivity contribution in [3.63, 3.8) is 0 Å². The van der Waals surface area contributed by atoms with Gasteiger partial charge in [-0.3, -0.25) is 0 Å². The molecular weight excluding hydrogens is 202 g/mol. The molecule has 2 aromatic rings. The molecule has 0 aliphatic carbocycles. The lowest BCUT2D eigenvalue weighted by Gasteiger charge is -2.09. The molecule has 0 aliphatic rings. The summed E-state index contributed by atoms with van der Waals surface area (Å²) in [5, 5.41) is 19.6. The predicted octanol–water partition coefficient (Wildman–Crippen LogP) is 2.10. The zero-order valence-electron chi connectivity index (χ0n) is 8.63. The van der Waals surface area contributed by atoms with Gasteiger partial charge in [0.25, 0.3) is 0 Å². The highest BCUT2D eigenvalue weighted by Crippen LogP contribution is 2.25. The normalized spacial score (nSPS) is 12.0. The van der Waals surface area contributed by atoms with Gasteiger partial charge in [0.1, 0.15) is 12.4 Å². The largest absolute Gasteiger partial charge is 0.489 e. The zero-order chi connectivity index (χ0) is 11.4. The molecule has 0 aliphatic heterocycles. The van der Waals surface area contributed by atoms with Gasteiger partial charge in [0, 0.05) is 5.39 Å². The van der Waals surface area contributed by atoms with Crippen molar-refractivity contribution in [1.29, 1.82) is 5.26 Å². The number of aliphatic hydroxyl groups is 1. The molecule has 0 spiro atoms. The molecule has 1 atom stereocenters. The monoisotopic (exact) mass is 213 g/mol. The van der Waals surface area contributed by atoms with E-state index in [9.17, 15) is 0 Å². The summed E-state index contributed by atoms with van der Waals surface area (Å²) in [7, 11) is 0. The Balaban J connectivity index is 2.28. The lowest BCUT2D eigenvalue weighted by atomic mass is 10.1. The van der Waals surface area contributed by atoms with E-state index in [0.717, 1.165) is 10.8 Å². The van der Waals surface area contributed by atoms with Crippen LogP contribution in [0, 0.1) is 11.3 Å². The molecule has 80 valence electrons. The van der Waals surface area contributed by atoms with E-state index in [1.165, 1.54) is 0 Å². The Morgan fingerprint density at radius 2 is 1.94 bits per heavy atom. The van der Waals surface area contributed by atoms with E-state index in [0.29, 0.717) is 5.75 Å². The maximum Gasteiger partial charge on any atom is 0.174 e. The van der Waals surface area contributed by atoms with E-state index < -0.39 is 6.10 Å². The third-order valence-electron chi connectivity index (χ3n) is 2.30. The van der Waals surface area contributed by atoms with E-state index in [1.807, 2.05) is 42.5 Å². The summed E-state index contributed by atoms with van der Waals surface area (Å²) < 4.78 is 5.40. The van der Waals surface area contributed by atoms with E-state index in [2.05, 4.69) is 0 Å². The first kappa shape index (κ1) is 10.5. The fourth-order valence-electron chi connectivity index (χ4n) is 1.53. The Bertz CT molecular complexity index is 525. The standard InChI is InChI=1S/C13H11NO2/c14-8-11(15)9-16-13-7-3-5-10-4-1-2-6-12(10)13/h1-7,11,15H,9H2/t11-/m1/s1. The molecule has 2 aromatic carbocycles. The number of hydrogen-bond donors (Lipinski definition) is 1. The van der Waals surface area contributed by atoms with Gasteiger partial charge in [0.2, 0.25) is 0 Å². The topological polar surface area (TPSA) is 53.2 Å². The summed E-state index contributed by atoms with van der Waals surface area (Å²) in [4.78, 5) is 0. The van der Waals surface area contributed by atoms with Crippen LogP contribution in [0.5, 0.6) is 5.75 Å². The van der Waals surface area contributed by atoms with E-state index in [-0.39, 0.29) is 6.61 Å². The van der Waals surface area contributed by atoms with Crippen LogP contribution >= 0.6 is 0 Å². The molecule has 3 heteroatoms. The molecule has 0 heterocycles. The first-order valence-electron chi connectivity index (χ1n) is 4.99. The van der Waals surface area contributed by atoms with Gasteiger partial charge in [-0.25, -0.2) is 0 Å². The summed E-state index contributed by atoms with van der Waals surface area (Å²) in [6.45, 7) is -0.00942. The second-order valence-corrected chi connectivity index (χ2v) is 3.43. The molecule has 0 saturated carbocycles. The minimum atomic E-state index is -1.08. The second kappa shape index (κ2) is 4.65.